The maximum absolute atomic E-state index is 13.0. The summed E-state index contributed by atoms with van der Waals surface area (Å²) in [7, 11) is 1.58. The summed E-state index contributed by atoms with van der Waals surface area (Å²) in [5.41, 5.74) is 0.435. The quantitative estimate of drug-likeness (QED) is 0.879. The number of nitrogens with zero attached hydrogens (tertiary/aromatic N) is 1. The Bertz CT molecular complexity index is 536. The predicted molar refractivity (Wildman–Crippen MR) is 64.2 cm³/mol. The molecule has 94 valence electrons. The fourth-order valence-corrected chi connectivity index (χ4v) is 1.72. The van der Waals surface area contributed by atoms with Gasteiger partial charge in [0.15, 0.2) is 0 Å². The molecule has 0 unspecified atom stereocenters. The van der Waals surface area contributed by atoms with Crippen LogP contribution in [0.3, 0.4) is 0 Å². The van der Waals surface area contributed by atoms with Crippen LogP contribution in [0.25, 0.3) is 11.1 Å². The van der Waals surface area contributed by atoms with Gasteiger partial charge in [0.05, 0.1) is 5.56 Å². The van der Waals surface area contributed by atoms with Crippen LogP contribution in [-0.2, 0) is 6.18 Å². The van der Waals surface area contributed by atoms with E-state index in [1.165, 1.54) is 18.5 Å². The van der Waals surface area contributed by atoms with Crippen molar-refractivity contribution >= 4 is 5.69 Å². The predicted octanol–water partition coefficient (Wildman–Crippen LogP) is 3.81. The van der Waals surface area contributed by atoms with Crippen molar-refractivity contribution in [3.05, 3.63) is 48.3 Å². The van der Waals surface area contributed by atoms with E-state index in [2.05, 4.69) is 10.3 Å². The van der Waals surface area contributed by atoms with Crippen molar-refractivity contribution in [2.75, 3.05) is 12.4 Å². The number of anilines is 1. The molecule has 0 aliphatic rings. The molecule has 2 rings (SSSR count). The molecule has 0 aliphatic heterocycles. The van der Waals surface area contributed by atoms with Gasteiger partial charge in [0.25, 0.3) is 0 Å². The molecule has 5 heteroatoms. The van der Waals surface area contributed by atoms with E-state index in [1.807, 2.05) is 0 Å². The molecule has 0 aliphatic carbocycles. The maximum Gasteiger partial charge on any atom is 0.417 e. The lowest BCUT2D eigenvalue weighted by Crippen LogP contribution is -2.08. The van der Waals surface area contributed by atoms with E-state index in [9.17, 15) is 13.2 Å². The van der Waals surface area contributed by atoms with Gasteiger partial charge < -0.3 is 5.32 Å². The number of aromatic nitrogens is 1. The third kappa shape index (κ3) is 2.45. The molecule has 1 heterocycles. The van der Waals surface area contributed by atoms with Crippen LogP contribution in [-0.4, -0.2) is 12.0 Å². The normalized spacial score (nSPS) is 11.3. The van der Waals surface area contributed by atoms with Crippen LogP contribution in [0.4, 0.5) is 18.9 Å². The van der Waals surface area contributed by atoms with Crippen molar-refractivity contribution in [1.29, 1.82) is 0 Å². The first kappa shape index (κ1) is 12.4. The van der Waals surface area contributed by atoms with Gasteiger partial charge in [-0.15, -0.1) is 0 Å². The number of hydrogen-bond acceptors (Lipinski definition) is 2. The van der Waals surface area contributed by atoms with E-state index >= 15 is 0 Å². The van der Waals surface area contributed by atoms with Crippen molar-refractivity contribution in [3.63, 3.8) is 0 Å². The number of rotatable bonds is 2. The number of benzene rings is 1. The molecule has 0 amide bonds. The van der Waals surface area contributed by atoms with Crippen LogP contribution in [0.1, 0.15) is 5.56 Å². The van der Waals surface area contributed by atoms with Gasteiger partial charge in [-0.05, 0) is 35.4 Å². The zero-order valence-corrected chi connectivity index (χ0v) is 9.62. The summed E-state index contributed by atoms with van der Waals surface area (Å²) in [5, 5.41) is 2.71. The first-order valence-corrected chi connectivity index (χ1v) is 5.32. The van der Waals surface area contributed by atoms with Gasteiger partial charge in [-0.25, -0.2) is 0 Å². The Morgan fingerprint density at radius 1 is 1.06 bits per heavy atom. The third-order valence-corrected chi connectivity index (χ3v) is 2.60. The molecule has 2 aromatic rings. The van der Waals surface area contributed by atoms with Crippen LogP contribution in [0, 0.1) is 0 Å². The third-order valence-electron chi connectivity index (χ3n) is 2.60. The van der Waals surface area contributed by atoms with Crippen LogP contribution < -0.4 is 5.32 Å². The first-order chi connectivity index (χ1) is 8.52. The van der Waals surface area contributed by atoms with E-state index in [1.54, 1.807) is 25.2 Å². The molecule has 0 spiro atoms. The van der Waals surface area contributed by atoms with Crippen LogP contribution >= 0.6 is 0 Å². The van der Waals surface area contributed by atoms with Crippen molar-refractivity contribution in [2.45, 2.75) is 6.18 Å². The fraction of sp³-hybridized carbons (Fsp3) is 0.154. The summed E-state index contributed by atoms with van der Waals surface area (Å²) in [6.07, 6.45) is -1.44. The average Bonchev–Trinajstić information content (AvgIpc) is 2.38. The van der Waals surface area contributed by atoms with E-state index < -0.39 is 11.7 Å². The smallest absolute Gasteiger partial charge is 0.388 e. The highest BCUT2D eigenvalue weighted by Crippen LogP contribution is 2.38. The number of pyridine rings is 1. The van der Waals surface area contributed by atoms with Gasteiger partial charge in [-0.2, -0.15) is 13.2 Å². The Morgan fingerprint density at radius 3 is 2.28 bits per heavy atom. The molecule has 0 atom stereocenters. The lowest BCUT2D eigenvalue weighted by Gasteiger charge is -2.14. The highest BCUT2D eigenvalue weighted by atomic mass is 19.4. The average molecular weight is 252 g/mol. The molecule has 0 bridgehead atoms. The Kier molecular flexibility index (Phi) is 3.23. The summed E-state index contributed by atoms with van der Waals surface area (Å²) < 4.78 is 39.0. The molecule has 18 heavy (non-hydrogen) atoms. The molecule has 0 fully saturated rings. The number of nitrogens with one attached hydrogen (secondary N) is 1. The Morgan fingerprint density at radius 2 is 1.72 bits per heavy atom. The second-order valence-corrected chi connectivity index (χ2v) is 3.74. The van der Waals surface area contributed by atoms with E-state index in [4.69, 9.17) is 0 Å². The standard InChI is InChI=1S/C13H11F3N2/c1-17-10-2-3-11(9-4-6-18-7-5-9)12(8-10)13(14,15)16/h2-8,17H,1H3. The van der Waals surface area contributed by atoms with Crippen molar-refractivity contribution < 1.29 is 13.2 Å². The Hall–Kier alpha value is -2.04. The Balaban J connectivity index is 2.61. The number of hydrogen-bond donors (Lipinski definition) is 1. The molecular formula is C13H11F3N2. The first-order valence-electron chi connectivity index (χ1n) is 5.32. The van der Waals surface area contributed by atoms with Crippen molar-refractivity contribution in [1.82, 2.24) is 4.98 Å². The minimum atomic E-state index is -4.38. The van der Waals surface area contributed by atoms with Gasteiger partial charge in [0.1, 0.15) is 0 Å². The second-order valence-electron chi connectivity index (χ2n) is 3.74. The van der Waals surface area contributed by atoms with Crippen LogP contribution in [0.15, 0.2) is 42.7 Å². The summed E-state index contributed by atoms with van der Waals surface area (Å²) >= 11 is 0. The molecular weight excluding hydrogens is 241 g/mol. The monoisotopic (exact) mass is 252 g/mol. The van der Waals surface area contributed by atoms with Gasteiger partial charge in [0, 0.05) is 25.1 Å². The van der Waals surface area contributed by atoms with E-state index in [0.717, 1.165) is 6.07 Å². The largest absolute Gasteiger partial charge is 0.417 e. The summed E-state index contributed by atoms with van der Waals surface area (Å²) in [5.74, 6) is 0. The Labute approximate surface area is 102 Å². The fourth-order valence-electron chi connectivity index (χ4n) is 1.72. The lowest BCUT2D eigenvalue weighted by molar-refractivity contribution is -0.137. The molecule has 1 N–H and O–H groups in total. The maximum atomic E-state index is 13.0. The minimum Gasteiger partial charge on any atom is -0.388 e. The van der Waals surface area contributed by atoms with Crippen LogP contribution in [0.2, 0.25) is 0 Å². The van der Waals surface area contributed by atoms with Gasteiger partial charge >= 0.3 is 6.18 Å². The SMILES string of the molecule is CNc1ccc(-c2ccncc2)c(C(F)(F)F)c1. The van der Waals surface area contributed by atoms with Crippen molar-refractivity contribution in [3.8, 4) is 11.1 Å². The molecule has 0 saturated heterocycles. The topological polar surface area (TPSA) is 24.9 Å². The minimum absolute atomic E-state index is 0.156. The zero-order chi connectivity index (χ0) is 13.2. The summed E-state index contributed by atoms with van der Waals surface area (Å²) in [6.45, 7) is 0. The highest BCUT2D eigenvalue weighted by Gasteiger charge is 2.33. The molecule has 0 radical (unpaired) electrons. The lowest BCUT2D eigenvalue weighted by atomic mass is 9.99. The summed E-state index contributed by atoms with van der Waals surface area (Å²) in [4.78, 5) is 3.80. The molecule has 1 aromatic carbocycles. The second kappa shape index (κ2) is 4.68. The zero-order valence-electron chi connectivity index (χ0n) is 9.62. The molecule has 2 nitrogen and oxygen atoms in total. The van der Waals surface area contributed by atoms with Gasteiger partial charge in [-0.3, -0.25) is 4.98 Å². The van der Waals surface area contributed by atoms with Crippen LogP contribution in [0.5, 0.6) is 0 Å². The van der Waals surface area contributed by atoms with Gasteiger partial charge in [0.2, 0.25) is 0 Å². The summed E-state index contributed by atoms with van der Waals surface area (Å²) in [6, 6.07) is 7.30. The van der Waals surface area contributed by atoms with Crippen molar-refractivity contribution in [2.24, 2.45) is 0 Å². The molecule has 0 saturated carbocycles. The number of alkyl halides is 3. The number of halogens is 3. The molecule has 1 aromatic heterocycles. The van der Waals surface area contributed by atoms with Gasteiger partial charge in [-0.1, -0.05) is 6.07 Å². The van der Waals surface area contributed by atoms with E-state index in [0.29, 0.717) is 11.3 Å². The highest BCUT2D eigenvalue weighted by molar-refractivity contribution is 5.70. The van der Waals surface area contributed by atoms with E-state index in [-0.39, 0.29) is 5.56 Å².